The van der Waals surface area contributed by atoms with Crippen molar-refractivity contribution in [3.63, 3.8) is 0 Å². The van der Waals surface area contributed by atoms with Crippen LogP contribution in [-0.2, 0) is 4.79 Å². The van der Waals surface area contributed by atoms with Gasteiger partial charge in [-0.25, -0.2) is 9.29 Å². The molecule has 1 aliphatic rings. The number of rotatable bonds is 3. The summed E-state index contributed by atoms with van der Waals surface area (Å²) in [6.07, 6.45) is 1.55. The zero-order chi connectivity index (χ0) is 18.0. The number of methoxy groups -OCH3 is 1. The molecule has 1 aliphatic heterocycles. The number of nitrogens with zero attached hydrogens (tertiary/aromatic N) is 1. The van der Waals surface area contributed by atoms with Gasteiger partial charge in [0.25, 0.3) is 11.8 Å². The summed E-state index contributed by atoms with van der Waals surface area (Å²) in [5.41, 5.74) is 1.03. The van der Waals surface area contributed by atoms with E-state index in [1.54, 1.807) is 37.5 Å². The molecule has 1 saturated heterocycles. The summed E-state index contributed by atoms with van der Waals surface area (Å²) in [6.45, 7) is 0. The van der Waals surface area contributed by atoms with E-state index in [9.17, 15) is 14.0 Å². The molecule has 0 atom stereocenters. The van der Waals surface area contributed by atoms with Gasteiger partial charge in [0, 0.05) is 5.56 Å². The molecule has 2 aromatic carbocycles. The van der Waals surface area contributed by atoms with Crippen molar-refractivity contribution < 1.29 is 18.7 Å². The van der Waals surface area contributed by atoms with Gasteiger partial charge in [-0.2, -0.15) is 0 Å². The second-order valence-electron chi connectivity index (χ2n) is 5.21. The van der Waals surface area contributed by atoms with E-state index >= 15 is 0 Å². The minimum Gasteiger partial charge on any atom is -0.497 e. The van der Waals surface area contributed by atoms with Crippen LogP contribution in [-0.4, -0.2) is 28.9 Å². The van der Waals surface area contributed by atoms with Crippen LogP contribution in [0.3, 0.4) is 0 Å². The number of carbonyl (C=O) groups excluding carboxylic acids is 2. The molecule has 0 aliphatic carbocycles. The third-order valence-corrected chi connectivity index (χ3v) is 3.90. The summed E-state index contributed by atoms with van der Waals surface area (Å²) in [5.74, 6) is -0.768. The van der Waals surface area contributed by atoms with Crippen molar-refractivity contribution in [3.05, 3.63) is 71.2 Å². The Bertz CT molecular complexity index is 876. The average molecular weight is 356 g/mol. The third-order valence-electron chi connectivity index (χ3n) is 3.61. The number of halogens is 1. The first kappa shape index (κ1) is 16.8. The van der Waals surface area contributed by atoms with Crippen LogP contribution < -0.4 is 10.1 Å². The van der Waals surface area contributed by atoms with Crippen molar-refractivity contribution in [1.82, 2.24) is 10.2 Å². The van der Waals surface area contributed by atoms with Gasteiger partial charge in [0.1, 0.15) is 17.3 Å². The Hall–Kier alpha value is -3.06. The summed E-state index contributed by atoms with van der Waals surface area (Å²) in [6, 6.07) is 12.0. The van der Waals surface area contributed by atoms with Crippen LogP contribution in [0.15, 0.2) is 54.2 Å². The van der Waals surface area contributed by atoms with Gasteiger partial charge >= 0.3 is 0 Å². The smallest absolute Gasteiger partial charge is 0.274 e. The van der Waals surface area contributed by atoms with Crippen molar-refractivity contribution >= 4 is 35.2 Å². The molecule has 2 aromatic rings. The zero-order valence-electron chi connectivity index (χ0n) is 13.2. The number of carbonyl (C=O) groups is 2. The lowest BCUT2D eigenvalue weighted by atomic mass is 10.1. The van der Waals surface area contributed by atoms with E-state index in [1.807, 2.05) is 0 Å². The number of benzene rings is 2. The van der Waals surface area contributed by atoms with Crippen LogP contribution in [0.5, 0.6) is 5.75 Å². The molecule has 1 fully saturated rings. The molecular formula is C18H13FN2O3S. The predicted octanol–water partition coefficient (Wildman–Crippen LogP) is 2.73. The predicted molar refractivity (Wildman–Crippen MR) is 94.3 cm³/mol. The average Bonchev–Trinajstić information content (AvgIpc) is 2.89. The van der Waals surface area contributed by atoms with Gasteiger partial charge in [-0.05, 0) is 60.3 Å². The Balaban J connectivity index is 1.96. The standard InChI is InChI=1S/C18H13FN2O3S/c1-24-14-8-2-11(3-9-14)10-15-16(22)20-18(25)21(15)17(23)12-4-6-13(19)7-5-12/h2-10H,1H3,(H,20,22,25). The molecular weight excluding hydrogens is 343 g/mol. The van der Waals surface area contributed by atoms with Gasteiger partial charge in [-0.15, -0.1) is 0 Å². The number of nitrogens with one attached hydrogen (secondary N) is 1. The molecule has 1 heterocycles. The fraction of sp³-hybridized carbons (Fsp3) is 0.0556. The van der Waals surface area contributed by atoms with E-state index in [2.05, 4.69) is 5.32 Å². The van der Waals surface area contributed by atoms with Gasteiger partial charge in [-0.3, -0.25) is 14.9 Å². The van der Waals surface area contributed by atoms with E-state index in [0.717, 1.165) is 4.90 Å². The van der Waals surface area contributed by atoms with Crippen molar-refractivity contribution in [2.24, 2.45) is 0 Å². The molecule has 0 unspecified atom stereocenters. The maximum Gasteiger partial charge on any atom is 0.274 e. The number of ether oxygens (including phenoxy) is 1. The van der Waals surface area contributed by atoms with Gasteiger partial charge in [0.05, 0.1) is 7.11 Å². The van der Waals surface area contributed by atoms with Crippen LogP contribution in [0.2, 0.25) is 0 Å². The summed E-state index contributed by atoms with van der Waals surface area (Å²) < 4.78 is 18.1. The molecule has 0 bridgehead atoms. The fourth-order valence-electron chi connectivity index (χ4n) is 2.34. The third kappa shape index (κ3) is 3.41. The second kappa shape index (κ2) is 6.82. The van der Waals surface area contributed by atoms with Crippen LogP contribution in [0.4, 0.5) is 4.39 Å². The number of amides is 2. The summed E-state index contributed by atoms with van der Waals surface area (Å²) in [7, 11) is 1.55. The Morgan fingerprint density at radius 2 is 1.80 bits per heavy atom. The Morgan fingerprint density at radius 1 is 1.16 bits per heavy atom. The van der Waals surface area contributed by atoms with Crippen molar-refractivity contribution in [2.45, 2.75) is 0 Å². The molecule has 0 spiro atoms. The largest absolute Gasteiger partial charge is 0.497 e. The summed E-state index contributed by atoms with van der Waals surface area (Å²) >= 11 is 5.09. The number of hydrogen-bond acceptors (Lipinski definition) is 4. The van der Waals surface area contributed by atoms with Crippen molar-refractivity contribution in [1.29, 1.82) is 0 Å². The van der Waals surface area contributed by atoms with E-state index < -0.39 is 17.6 Å². The van der Waals surface area contributed by atoms with Crippen molar-refractivity contribution in [2.75, 3.05) is 7.11 Å². The molecule has 0 aromatic heterocycles. The molecule has 0 saturated carbocycles. The quantitative estimate of drug-likeness (QED) is 0.679. The van der Waals surface area contributed by atoms with Crippen LogP contribution >= 0.6 is 12.2 Å². The Kier molecular flexibility index (Phi) is 4.58. The lowest BCUT2D eigenvalue weighted by Gasteiger charge is -2.15. The van der Waals surface area contributed by atoms with Crippen molar-refractivity contribution in [3.8, 4) is 5.75 Å². The zero-order valence-corrected chi connectivity index (χ0v) is 14.0. The summed E-state index contributed by atoms with van der Waals surface area (Å²) in [4.78, 5) is 26.0. The highest BCUT2D eigenvalue weighted by molar-refractivity contribution is 7.80. The topological polar surface area (TPSA) is 58.6 Å². The monoisotopic (exact) mass is 356 g/mol. The minimum atomic E-state index is -0.511. The lowest BCUT2D eigenvalue weighted by Crippen LogP contribution is -2.33. The molecule has 2 amide bonds. The summed E-state index contributed by atoms with van der Waals surface area (Å²) in [5, 5.41) is 2.44. The maximum absolute atomic E-state index is 13.1. The van der Waals surface area contributed by atoms with Crippen LogP contribution in [0.25, 0.3) is 6.08 Å². The van der Waals surface area contributed by atoms with Gasteiger partial charge < -0.3 is 4.74 Å². The highest BCUT2D eigenvalue weighted by Crippen LogP contribution is 2.21. The SMILES string of the molecule is COc1ccc(C=C2C(=O)NC(=S)N2C(=O)c2ccc(F)cc2)cc1. The number of thiocarbonyl (C=S) groups is 1. The highest BCUT2D eigenvalue weighted by atomic mass is 32.1. The molecule has 5 nitrogen and oxygen atoms in total. The molecule has 3 rings (SSSR count). The second-order valence-corrected chi connectivity index (χ2v) is 5.60. The van der Waals surface area contributed by atoms with E-state index in [0.29, 0.717) is 11.3 Å². The Labute approximate surface area is 148 Å². The van der Waals surface area contributed by atoms with Gasteiger partial charge in [-0.1, -0.05) is 12.1 Å². The molecule has 1 N–H and O–H groups in total. The first-order chi connectivity index (χ1) is 12.0. The van der Waals surface area contributed by atoms with E-state index in [-0.39, 0.29) is 16.4 Å². The highest BCUT2D eigenvalue weighted by Gasteiger charge is 2.35. The first-order valence-electron chi connectivity index (χ1n) is 7.30. The van der Waals surface area contributed by atoms with Crippen LogP contribution in [0.1, 0.15) is 15.9 Å². The normalized spacial score (nSPS) is 15.4. The van der Waals surface area contributed by atoms with Gasteiger partial charge in [0.15, 0.2) is 5.11 Å². The molecule has 126 valence electrons. The van der Waals surface area contributed by atoms with E-state index in [1.165, 1.54) is 24.3 Å². The first-order valence-corrected chi connectivity index (χ1v) is 7.71. The molecule has 7 heteroatoms. The Morgan fingerprint density at radius 3 is 2.40 bits per heavy atom. The van der Waals surface area contributed by atoms with Gasteiger partial charge in [0.2, 0.25) is 0 Å². The molecule has 25 heavy (non-hydrogen) atoms. The van der Waals surface area contributed by atoms with E-state index in [4.69, 9.17) is 17.0 Å². The number of hydrogen-bond donors (Lipinski definition) is 1. The maximum atomic E-state index is 13.1. The fourth-order valence-corrected chi connectivity index (χ4v) is 2.61. The lowest BCUT2D eigenvalue weighted by molar-refractivity contribution is -0.115. The minimum absolute atomic E-state index is 0.0147. The van der Waals surface area contributed by atoms with Crippen LogP contribution in [0, 0.1) is 5.82 Å². The molecule has 0 radical (unpaired) electrons.